The van der Waals surface area contributed by atoms with Gasteiger partial charge in [0.05, 0.1) is 0 Å². The number of nitrogens with one attached hydrogen (secondary N) is 1. The zero-order valence-corrected chi connectivity index (χ0v) is 13.9. The molecule has 0 spiro atoms. The zero-order valence-electron chi connectivity index (χ0n) is 13.9. The summed E-state index contributed by atoms with van der Waals surface area (Å²) in [6.45, 7) is 8.58. The maximum Gasteiger partial charge on any atom is 0.219 e. The van der Waals surface area contributed by atoms with Crippen LogP contribution < -0.4 is 5.32 Å². The lowest BCUT2D eigenvalue weighted by Crippen LogP contribution is -2.30. The molecule has 23 heavy (non-hydrogen) atoms. The Kier molecular flexibility index (Phi) is 16.9. The molecule has 1 aromatic carbocycles. The molecule has 0 aliphatic carbocycles. The van der Waals surface area contributed by atoms with Crippen LogP contribution in [0.2, 0.25) is 0 Å². The second kappa shape index (κ2) is 16.6. The van der Waals surface area contributed by atoms with Gasteiger partial charge >= 0.3 is 0 Å². The van der Waals surface area contributed by atoms with Crippen LogP contribution in [0.4, 0.5) is 24.0 Å². The number of anilines is 1. The number of amides is 1. The molecule has 0 aliphatic heterocycles. The first-order valence-electron chi connectivity index (χ1n) is 7.48. The van der Waals surface area contributed by atoms with Crippen molar-refractivity contribution in [3.05, 3.63) is 29.8 Å². The number of para-hydroxylation sites is 1. The molecule has 3 nitrogen and oxygen atoms in total. The average molecular weight is 338 g/mol. The molecule has 0 heterocycles. The van der Waals surface area contributed by atoms with Crippen molar-refractivity contribution in [1.29, 1.82) is 0 Å². The van der Waals surface area contributed by atoms with E-state index in [2.05, 4.69) is 37.4 Å². The van der Waals surface area contributed by atoms with Gasteiger partial charge in [-0.05, 0) is 37.8 Å². The largest absolute Gasteiger partial charge is 0.385 e. The normalized spacial score (nSPS) is 9.00. The number of rotatable bonds is 8. The lowest BCUT2D eigenvalue weighted by molar-refractivity contribution is -0.128. The van der Waals surface area contributed by atoms with Crippen LogP contribution in [0.5, 0.6) is 0 Å². The van der Waals surface area contributed by atoms with Crippen molar-refractivity contribution in [3.8, 4) is 0 Å². The van der Waals surface area contributed by atoms with Gasteiger partial charge in [0.15, 0.2) is 0 Å². The Morgan fingerprint density at radius 3 is 2.22 bits per heavy atom. The van der Waals surface area contributed by atoms with Gasteiger partial charge in [0.1, 0.15) is 0 Å². The number of unbranched alkanes of at least 4 members (excludes halogenated alkanes) is 1. The number of hydrogen-bond donors (Lipinski definition) is 1. The van der Waals surface area contributed by atoms with Crippen LogP contribution in [-0.4, -0.2) is 30.4 Å². The summed E-state index contributed by atoms with van der Waals surface area (Å²) in [5, 5.41) is 3.44. The Morgan fingerprint density at radius 2 is 1.70 bits per heavy atom. The predicted octanol–water partition coefficient (Wildman–Crippen LogP) is 5.13. The van der Waals surface area contributed by atoms with Crippen LogP contribution in [0.1, 0.15) is 38.7 Å². The molecule has 0 fully saturated rings. The van der Waals surface area contributed by atoms with E-state index in [1.54, 1.807) is 6.92 Å². The number of nitrogens with zero attached hydrogens (tertiary/aromatic N) is 1. The SMILES string of the molecule is CCCN(CCCCNc1ccccc1C)C(C)=O.FF.FF. The van der Waals surface area contributed by atoms with Crippen LogP contribution >= 0.6 is 0 Å². The topological polar surface area (TPSA) is 32.3 Å². The lowest BCUT2D eigenvalue weighted by atomic mass is 10.2. The van der Waals surface area contributed by atoms with Crippen molar-refractivity contribution in [3.63, 3.8) is 0 Å². The molecular formula is C16H26F4N2O. The van der Waals surface area contributed by atoms with E-state index in [-0.39, 0.29) is 5.91 Å². The summed E-state index contributed by atoms with van der Waals surface area (Å²) in [7, 11) is 0. The summed E-state index contributed by atoms with van der Waals surface area (Å²) < 4.78 is 32.0. The highest BCUT2D eigenvalue weighted by Gasteiger charge is 2.06. The molecule has 134 valence electrons. The minimum atomic E-state index is 0.189. The summed E-state index contributed by atoms with van der Waals surface area (Å²) in [5.41, 5.74) is 2.48. The summed E-state index contributed by atoms with van der Waals surface area (Å²) >= 11 is 0. The number of benzene rings is 1. The minimum Gasteiger partial charge on any atom is -0.385 e. The van der Waals surface area contributed by atoms with Gasteiger partial charge in [-0.1, -0.05) is 25.1 Å². The minimum absolute atomic E-state index is 0.189. The van der Waals surface area contributed by atoms with E-state index in [1.807, 2.05) is 11.0 Å². The van der Waals surface area contributed by atoms with Gasteiger partial charge in [0.25, 0.3) is 0 Å². The fourth-order valence-electron chi connectivity index (χ4n) is 2.12. The third-order valence-electron chi connectivity index (χ3n) is 3.25. The standard InChI is InChI=1S/C16H26N2O.2F2/c1-4-12-18(15(3)19)13-8-7-11-17-16-10-6-5-9-14(16)2;2*1-2/h5-6,9-10,17H,4,7-8,11-13H2,1-3H3;;. The maximum absolute atomic E-state index is 11.4. The Hall–Kier alpha value is -1.79. The zero-order chi connectivity index (χ0) is 18.1. The number of aryl methyl sites for hydroxylation is 1. The maximum atomic E-state index is 11.4. The predicted molar refractivity (Wildman–Crippen MR) is 85.9 cm³/mol. The van der Waals surface area contributed by atoms with E-state index in [9.17, 15) is 4.79 Å². The Bertz CT molecular complexity index is 405. The first-order chi connectivity index (χ1) is 11.1. The number of hydrogen-bond acceptors (Lipinski definition) is 2. The fourth-order valence-corrected chi connectivity index (χ4v) is 2.12. The summed E-state index contributed by atoms with van der Waals surface area (Å²) in [6, 6.07) is 8.32. The highest BCUT2D eigenvalue weighted by Crippen LogP contribution is 2.13. The average Bonchev–Trinajstić information content (AvgIpc) is 2.58. The molecule has 0 bridgehead atoms. The molecule has 7 heteroatoms. The Morgan fingerprint density at radius 1 is 1.09 bits per heavy atom. The van der Waals surface area contributed by atoms with E-state index in [0.717, 1.165) is 38.9 Å². The molecule has 0 atom stereocenters. The fraction of sp³-hybridized carbons (Fsp3) is 0.562. The Balaban J connectivity index is 0. The number of carbonyl (C=O) groups excluding carboxylic acids is 1. The van der Waals surface area contributed by atoms with Crippen molar-refractivity contribution in [2.24, 2.45) is 0 Å². The van der Waals surface area contributed by atoms with Crippen molar-refractivity contribution in [2.45, 2.75) is 40.0 Å². The van der Waals surface area contributed by atoms with E-state index in [0.29, 0.717) is 0 Å². The molecule has 0 aromatic heterocycles. The van der Waals surface area contributed by atoms with Crippen LogP contribution in [0.15, 0.2) is 24.3 Å². The van der Waals surface area contributed by atoms with Crippen molar-refractivity contribution in [2.75, 3.05) is 25.0 Å². The molecule has 0 unspecified atom stereocenters. The third-order valence-corrected chi connectivity index (χ3v) is 3.25. The van der Waals surface area contributed by atoms with Gasteiger partial charge in [-0.15, -0.1) is 0 Å². The van der Waals surface area contributed by atoms with Gasteiger partial charge in [0, 0.05) is 50.5 Å². The molecule has 1 aromatic rings. The highest BCUT2D eigenvalue weighted by atomic mass is 20.0. The van der Waals surface area contributed by atoms with E-state index in [4.69, 9.17) is 18.3 Å². The molecular weight excluding hydrogens is 312 g/mol. The van der Waals surface area contributed by atoms with Gasteiger partial charge in [-0.3, -0.25) is 4.79 Å². The lowest BCUT2D eigenvalue weighted by Gasteiger charge is -2.20. The van der Waals surface area contributed by atoms with E-state index in [1.165, 1.54) is 11.3 Å². The second-order valence-corrected chi connectivity index (χ2v) is 4.95. The number of carbonyl (C=O) groups is 1. The summed E-state index contributed by atoms with van der Waals surface area (Å²) in [6.07, 6.45) is 3.17. The van der Waals surface area contributed by atoms with Crippen molar-refractivity contribution < 1.29 is 23.1 Å². The van der Waals surface area contributed by atoms with Gasteiger partial charge in [-0.25, -0.2) is 0 Å². The smallest absolute Gasteiger partial charge is 0.219 e. The van der Waals surface area contributed by atoms with E-state index >= 15 is 0 Å². The van der Waals surface area contributed by atoms with E-state index < -0.39 is 0 Å². The molecule has 0 radical (unpaired) electrons. The number of halogens is 4. The van der Waals surface area contributed by atoms with Crippen molar-refractivity contribution in [1.82, 2.24) is 4.90 Å². The van der Waals surface area contributed by atoms with Crippen LogP contribution in [0, 0.1) is 6.92 Å². The summed E-state index contributed by atoms with van der Waals surface area (Å²) in [4.78, 5) is 13.3. The highest BCUT2D eigenvalue weighted by molar-refractivity contribution is 5.73. The van der Waals surface area contributed by atoms with Gasteiger partial charge < -0.3 is 10.2 Å². The molecule has 0 aliphatic rings. The second-order valence-electron chi connectivity index (χ2n) is 4.95. The van der Waals surface area contributed by atoms with Crippen molar-refractivity contribution >= 4 is 11.6 Å². The van der Waals surface area contributed by atoms with Gasteiger partial charge in [-0.2, -0.15) is 0 Å². The third kappa shape index (κ3) is 11.4. The molecule has 1 N–H and O–H groups in total. The first kappa shape index (κ1) is 23.5. The first-order valence-corrected chi connectivity index (χ1v) is 7.48. The quantitative estimate of drug-likeness (QED) is 0.527. The molecule has 0 saturated heterocycles. The van der Waals surface area contributed by atoms with Crippen LogP contribution in [0.25, 0.3) is 0 Å². The molecule has 1 rings (SSSR count). The summed E-state index contributed by atoms with van der Waals surface area (Å²) in [5.74, 6) is 0.189. The van der Waals surface area contributed by atoms with Crippen LogP contribution in [0.3, 0.4) is 0 Å². The monoisotopic (exact) mass is 338 g/mol. The van der Waals surface area contributed by atoms with Crippen LogP contribution in [-0.2, 0) is 4.79 Å². The molecule has 0 saturated carbocycles. The Labute approximate surface area is 135 Å². The van der Waals surface area contributed by atoms with Gasteiger partial charge in [0.2, 0.25) is 5.91 Å². The molecule has 1 amide bonds.